The van der Waals surface area contributed by atoms with Gasteiger partial charge >= 0.3 is 0 Å². The number of aromatic nitrogens is 4. The Kier molecular flexibility index (Phi) is 6.16. The number of rotatable bonds is 7. The van der Waals surface area contributed by atoms with Crippen LogP contribution in [0.15, 0.2) is 66.2 Å². The number of carbonyl (C=O) groups is 1. The maximum atomic E-state index is 13.3. The fourth-order valence-corrected chi connectivity index (χ4v) is 4.04. The SMILES string of the molecule is CS(=O)(=O)c1cc(C(CCO)NC(=O)c2cncc3c2cnn3-c2ccc(F)cc2)ccn1. The molecule has 0 bridgehead atoms. The minimum Gasteiger partial charge on any atom is -0.396 e. The van der Waals surface area contributed by atoms with Crippen molar-refractivity contribution in [2.75, 3.05) is 12.9 Å². The Hall–Kier alpha value is -3.70. The number of fused-ring (bicyclic) bond motifs is 1. The number of pyridine rings is 2. The van der Waals surface area contributed by atoms with Gasteiger partial charge in [-0.3, -0.25) is 9.78 Å². The Morgan fingerprint density at radius 2 is 1.94 bits per heavy atom. The number of nitrogens with one attached hydrogen (secondary N) is 1. The molecule has 4 rings (SSSR count). The van der Waals surface area contributed by atoms with Crippen LogP contribution in [-0.4, -0.2) is 52.0 Å². The lowest BCUT2D eigenvalue weighted by Crippen LogP contribution is -2.29. The van der Waals surface area contributed by atoms with Crippen LogP contribution in [0.3, 0.4) is 0 Å². The van der Waals surface area contributed by atoms with E-state index in [1.165, 1.54) is 36.8 Å². The zero-order valence-electron chi connectivity index (χ0n) is 17.5. The van der Waals surface area contributed by atoms with Gasteiger partial charge < -0.3 is 10.4 Å². The Bertz CT molecular complexity index is 1420. The number of hydrogen-bond acceptors (Lipinski definition) is 7. The smallest absolute Gasteiger partial charge is 0.254 e. The van der Waals surface area contributed by atoms with E-state index in [2.05, 4.69) is 20.4 Å². The molecule has 11 heteroatoms. The van der Waals surface area contributed by atoms with Crippen molar-refractivity contribution in [1.29, 1.82) is 0 Å². The van der Waals surface area contributed by atoms with Crippen LogP contribution < -0.4 is 5.32 Å². The van der Waals surface area contributed by atoms with E-state index >= 15 is 0 Å². The highest BCUT2D eigenvalue weighted by atomic mass is 32.2. The van der Waals surface area contributed by atoms with Gasteiger partial charge in [-0.25, -0.2) is 22.5 Å². The van der Waals surface area contributed by atoms with Crippen molar-refractivity contribution in [2.45, 2.75) is 17.5 Å². The van der Waals surface area contributed by atoms with Gasteiger partial charge in [0.15, 0.2) is 14.9 Å². The Morgan fingerprint density at radius 1 is 1.18 bits per heavy atom. The molecular formula is C22H20FN5O4S. The molecule has 4 aromatic rings. The zero-order valence-corrected chi connectivity index (χ0v) is 18.3. The molecular weight excluding hydrogens is 449 g/mol. The third-order valence-electron chi connectivity index (χ3n) is 5.08. The van der Waals surface area contributed by atoms with E-state index in [9.17, 15) is 22.7 Å². The lowest BCUT2D eigenvalue weighted by molar-refractivity contribution is 0.0931. The second kappa shape index (κ2) is 9.04. The van der Waals surface area contributed by atoms with E-state index in [0.29, 0.717) is 22.2 Å². The molecule has 1 aromatic carbocycles. The first kappa shape index (κ1) is 22.5. The van der Waals surface area contributed by atoms with Crippen molar-refractivity contribution in [3.05, 3.63) is 78.1 Å². The summed E-state index contributed by atoms with van der Waals surface area (Å²) in [7, 11) is -3.54. The molecule has 9 nitrogen and oxygen atoms in total. The van der Waals surface area contributed by atoms with Gasteiger partial charge in [0.05, 0.1) is 35.2 Å². The predicted molar refractivity (Wildman–Crippen MR) is 118 cm³/mol. The van der Waals surface area contributed by atoms with E-state index in [4.69, 9.17) is 0 Å². The molecule has 1 unspecified atom stereocenters. The number of aliphatic hydroxyl groups excluding tert-OH is 1. The molecule has 0 fully saturated rings. The van der Waals surface area contributed by atoms with Crippen LogP contribution in [0, 0.1) is 5.82 Å². The molecule has 0 aliphatic heterocycles. The third-order valence-corrected chi connectivity index (χ3v) is 6.06. The van der Waals surface area contributed by atoms with Crippen molar-refractivity contribution in [1.82, 2.24) is 25.1 Å². The number of nitrogens with zero attached hydrogens (tertiary/aromatic N) is 4. The Morgan fingerprint density at radius 3 is 2.64 bits per heavy atom. The monoisotopic (exact) mass is 469 g/mol. The first-order valence-corrected chi connectivity index (χ1v) is 11.8. The van der Waals surface area contributed by atoms with Gasteiger partial charge in [-0.1, -0.05) is 0 Å². The minimum atomic E-state index is -3.54. The molecule has 170 valence electrons. The van der Waals surface area contributed by atoms with Gasteiger partial charge in [-0.2, -0.15) is 5.10 Å². The maximum Gasteiger partial charge on any atom is 0.254 e. The highest BCUT2D eigenvalue weighted by Gasteiger charge is 2.21. The second-order valence-corrected chi connectivity index (χ2v) is 9.35. The van der Waals surface area contributed by atoms with Crippen LogP contribution in [0.1, 0.15) is 28.4 Å². The fourth-order valence-electron chi connectivity index (χ4n) is 3.44. The summed E-state index contributed by atoms with van der Waals surface area (Å²) in [5.41, 5.74) is 1.90. The lowest BCUT2D eigenvalue weighted by Gasteiger charge is -2.19. The van der Waals surface area contributed by atoms with Crippen LogP contribution in [0.2, 0.25) is 0 Å². The molecule has 3 heterocycles. The maximum absolute atomic E-state index is 13.3. The molecule has 1 atom stereocenters. The number of aliphatic hydroxyl groups is 1. The predicted octanol–water partition coefficient (Wildman–Crippen LogP) is 2.21. The van der Waals surface area contributed by atoms with Gasteiger partial charge in [0.25, 0.3) is 5.91 Å². The van der Waals surface area contributed by atoms with Crippen LogP contribution in [-0.2, 0) is 9.84 Å². The molecule has 0 saturated carbocycles. The molecule has 0 saturated heterocycles. The topological polar surface area (TPSA) is 127 Å². The first-order valence-electron chi connectivity index (χ1n) is 9.93. The minimum absolute atomic E-state index is 0.124. The average Bonchev–Trinajstić information content (AvgIpc) is 3.23. The average molecular weight is 469 g/mol. The van der Waals surface area contributed by atoms with Crippen molar-refractivity contribution in [3.63, 3.8) is 0 Å². The summed E-state index contributed by atoms with van der Waals surface area (Å²) >= 11 is 0. The lowest BCUT2D eigenvalue weighted by atomic mass is 10.0. The standard InChI is InChI=1S/C22H20FN5O4S/c1-33(31,32)21-10-14(6-8-25-21)19(7-9-29)27-22(30)18-11-24-13-20-17(18)12-26-28(20)16-4-2-15(23)3-5-16/h2-6,8,10-13,19,29H,7,9H2,1H3,(H,27,30). The van der Waals surface area contributed by atoms with Crippen LogP contribution in [0.5, 0.6) is 0 Å². The number of hydrogen-bond donors (Lipinski definition) is 2. The van der Waals surface area contributed by atoms with Crippen LogP contribution in [0.4, 0.5) is 4.39 Å². The van der Waals surface area contributed by atoms with Gasteiger partial charge in [-0.15, -0.1) is 0 Å². The highest BCUT2D eigenvalue weighted by molar-refractivity contribution is 7.90. The van der Waals surface area contributed by atoms with E-state index in [0.717, 1.165) is 6.26 Å². The highest BCUT2D eigenvalue weighted by Crippen LogP contribution is 2.23. The first-order chi connectivity index (χ1) is 15.8. The summed E-state index contributed by atoms with van der Waals surface area (Å²) in [6, 6.07) is 8.05. The number of halogens is 1. The fraction of sp³-hybridized carbons (Fsp3) is 0.182. The molecule has 0 radical (unpaired) electrons. The molecule has 3 aromatic heterocycles. The van der Waals surface area contributed by atoms with Gasteiger partial charge in [0.2, 0.25) is 0 Å². The van der Waals surface area contributed by atoms with Crippen molar-refractivity contribution in [3.8, 4) is 5.69 Å². The van der Waals surface area contributed by atoms with Crippen molar-refractivity contribution >= 4 is 26.6 Å². The summed E-state index contributed by atoms with van der Waals surface area (Å²) in [5, 5.41) is 17.0. The van der Waals surface area contributed by atoms with Crippen LogP contribution >= 0.6 is 0 Å². The van der Waals surface area contributed by atoms with E-state index in [-0.39, 0.29) is 29.4 Å². The summed E-state index contributed by atoms with van der Waals surface area (Å²) in [6.07, 6.45) is 7.02. The number of carbonyl (C=O) groups excluding carboxylic acids is 1. The van der Waals surface area contributed by atoms with Crippen LogP contribution in [0.25, 0.3) is 16.6 Å². The largest absolute Gasteiger partial charge is 0.396 e. The summed E-state index contributed by atoms with van der Waals surface area (Å²) in [5.74, 6) is -0.846. The molecule has 0 aliphatic carbocycles. The molecule has 2 N–H and O–H groups in total. The molecule has 1 amide bonds. The van der Waals surface area contributed by atoms with Gasteiger partial charge in [0, 0.05) is 30.6 Å². The van der Waals surface area contributed by atoms with Crippen molar-refractivity contribution < 1.29 is 22.7 Å². The van der Waals surface area contributed by atoms with Crippen molar-refractivity contribution in [2.24, 2.45) is 0 Å². The van der Waals surface area contributed by atoms with E-state index in [1.807, 2.05) is 0 Å². The second-order valence-electron chi connectivity index (χ2n) is 7.39. The number of benzene rings is 1. The van der Waals surface area contributed by atoms with E-state index < -0.39 is 21.8 Å². The van der Waals surface area contributed by atoms with Gasteiger partial charge in [0.1, 0.15) is 5.82 Å². The number of sulfone groups is 1. The normalized spacial score (nSPS) is 12.6. The molecule has 0 aliphatic rings. The Labute approximate surface area is 188 Å². The Balaban J connectivity index is 1.67. The summed E-state index contributed by atoms with van der Waals surface area (Å²) in [6.45, 7) is -0.230. The third kappa shape index (κ3) is 4.73. The number of amides is 1. The molecule has 33 heavy (non-hydrogen) atoms. The quantitative estimate of drug-likeness (QED) is 0.425. The summed E-state index contributed by atoms with van der Waals surface area (Å²) < 4.78 is 38.5. The summed E-state index contributed by atoms with van der Waals surface area (Å²) in [4.78, 5) is 21.1. The van der Waals surface area contributed by atoms with E-state index in [1.54, 1.807) is 29.1 Å². The van der Waals surface area contributed by atoms with Gasteiger partial charge in [-0.05, 0) is 48.4 Å². The molecule has 0 spiro atoms. The zero-order chi connectivity index (χ0) is 23.6.